The maximum atomic E-state index is 12.6. The van der Waals surface area contributed by atoms with Gasteiger partial charge in [-0.2, -0.15) is 0 Å². The fraction of sp³-hybridized carbons (Fsp3) is 0.667. The van der Waals surface area contributed by atoms with E-state index in [1.54, 1.807) is 0 Å². The Labute approximate surface area is 156 Å². The molecule has 5 heteroatoms. The van der Waals surface area contributed by atoms with E-state index in [4.69, 9.17) is 0 Å². The zero-order chi connectivity index (χ0) is 18.1. The van der Waals surface area contributed by atoms with Crippen molar-refractivity contribution in [3.63, 3.8) is 0 Å². The highest BCUT2D eigenvalue weighted by atomic mass is 16.3. The summed E-state index contributed by atoms with van der Waals surface area (Å²) >= 11 is 0. The number of aliphatic hydroxyl groups excluding tert-OH is 1. The zero-order valence-corrected chi connectivity index (χ0v) is 15.8. The number of hydrogen-bond acceptors (Lipinski definition) is 4. The van der Waals surface area contributed by atoms with Gasteiger partial charge in [-0.15, -0.1) is 0 Å². The number of hydrogen-bond donors (Lipinski definition) is 2. The predicted octanol–water partition coefficient (Wildman–Crippen LogP) is 1.67. The first-order valence-corrected chi connectivity index (χ1v) is 10.2. The molecule has 142 valence electrons. The summed E-state index contributed by atoms with van der Waals surface area (Å²) in [5, 5.41) is 14.9. The number of piperidine rings is 1. The summed E-state index contributed by atoms with van der Waals surface area (Å²) in [7, 11) is 0. The van der Waals surface area contributed by atoms with Crippen molar-refractivity contribution in [1.29, 1.82) is 0 Å². The second-order valence-corrected chi connectivity index (χ2v) is 8.09. The Morgan fingerprint density at radius 3 is 2.73 bits per heavy atom. The van der Waals surface area contributed by atoms with Gasteiger partial charge in [0.05, 0.1) is 18.7 Å². The van der Waals surface area contributed by atoms with Gasteiger partial charge in [-0.3, -0.25) is 9.69 Å². The molecule has 2 heterocycles. The summed E-state index contributed by atoms with van der Waals surface area (Å²) in [6, 6.07) is 8.46. The number of piperazine rings is 1. The van der Waals surface area contributed by atoms with E-state index < -0.39 is 6.10 Å². The van der Waals surface area contributed by atoms with E-state index >= 15 is 0 Å². The minimum atomic E-state index is -0.433. The molecule has 26 heavy (non-hydrogen) atoms. The summed E-state index contributed by atoms with van der Waals surface area (Å²) in [6.07, 6.45) is 3.67. The number of carbonyl (C=O) groups is 1. The van der Waals surface area contributed by atoms with Crippen LogP contribution in [-0.2, 0) is 10.2 Å². The van der Waals surface area contributed by atoms with Crippen LogP contribution in [0.2, 0.25) is 0 Å². The second-order valence-electron chi connectivity index (χ2n) is 8.09. The van der Waals surface area contributed by atoms with Gasteiger partial charge in [0.25, 0.3) is 0 Å². The first kappa shape index (κ1) is 18.0. The molecule has 2 saturated heterocycles. The number of aliphatic hydroxyl groups is 1. The van der Waals surface area contributed by atoms with Crippen LogP contribution in [0.5, 0.6) is 0 Å². The summed E-state index contributed by atoms with van der Waals surface area (Å²) in [6.45, 7) is 6.96. The molecular formula is C21H31N3O2. The molecule has 2 fully saturated rings. The number of rotatable bonds is 4. The fourth-order valence-electron chi connectivity index (χ4n) is 5.22. The molecule has 1 amide bonds. The molecule has 0 saturated carbocycles. The first-order valence-electron chi connectivity index (χ1n) is 10.2. The Morgan fingerprint density at radius 1 is 1.23 bits per heavy atom. The first-order chi connectivity index (χ1) is 12.7. The summed E-state index contributed by atoms with van der Waals surface area (Å²) in [5.74, 6) is 0.209. The summed E-state index contributed by atoms with van der Waals surface area (Å²) in [5.41, 5.74) is 2.38. The topological polar surface area (TPSA) is 55.8 Å². The van der Waals surface area contributed by atoms with Crippen molar-refractivity contribution in [2.45, 2.75) is 50.2 Å². The van der Waals surface area contributed by atoms with Gasteiger partial charge in [-0.1, -0.05) is 37.6 Å². The molecule has 0 radical (unpaired) electrons. The number of fused-ring (bicyclic) bond motifs is 2. The van der Waals surface area contributed by atoms with Crippen LogP contribution in [0.25, 0.3) is 0 Å². The Balaban J connectivity index is 1.58. The maximum Gasteiger partial charge on any atom is 0.236 e. The number of nitrogens with zero attached hydrogens (tertiary/aromatic N) is 2. The van der Waals surface area contributed by atoms with Gasteiger partial charge in [-0.05, 0) is 43.5 Å². The van der Waals surface area contributed by atoms with E-state index in [1.165, 1.54) is 11.1 Å². The SMILES string of the molecule is CCCCN1CCN([C@@H]2c3ccccc3C3(CCNCC3)[C@H]2O)CC1=O. The van der Waals surface area contributed by atoms with E-state index in [-0.39, 0.29) is 17.4 Å². The highest BCUT2D eigenvalue weighted by molar-refractivity contribution is 5.79. The average molecular weight is 357 g/mol. The molecule has 0 bridgehead atoms. The van der Waals surface area contributed by atoms with Crippen LogP contribution in [0.3, 0.4) is 0 Å². The lowest BCUT2D eigenvalue weighted by molar-refractivity contribution is -0.138. The number of unbranched alkanes of at least 4 members (excludes halogenated alkanes) is 1. The van der Waals surface area contributed by atoms with Gasteiger partial charge in [-0.25, -0.2) is 0 Å². The molecule has 1 aromatic rings. The fourth-order valence-corrected chi connectivity index (χ4v) is 5.22. The molecule has 2 aliphatic heterocycles. The third kappa shape index (κ3) is 2.86. The van der Waals surface area contributed by atoms with Crippen LogP contribution in [-0.4, -0.2) is 66.2 Å². The molecule has 4 rings (SSSR count). The number of benzene rings is 1. The van der Waals surface area contributed by atoms with Crippen molar-refractivity contribution < 1.29 is 9.90 Å². The van der Waals surface area contributed by atoms with E-state index in [9.17, 15) is 9.90 Å². The molecule has 1 aromatic carbocycles. The van der Waals surface area contributed by atoms with Crippen LogP contribution in [0.1, 0.15) is 49.8 Å². The molecule has 3 aliphatic rings. The zero-order valence-electron chi connectivity index (χ0n) is 15.8. The van der Waals surface area contributed by atoms with Crippen molar-refractivity contribution >= 4 is 5.91 Å². The average Bonchev–Trinajstić information content (AvgIpc) is 2.90. The summed E-state index contributed by atoms with van der Waals surface area (Å²) in [4.78, 5) is 16.9. The summed E-state index contributed by atoms with van der Waals surface area (Å²) < 4.78 is 0. The molecule has 1 spiro atoms. The third-order valence-electron chi connectivity index (χ3n) is 6.70. The lowest BCUT2D eigenvalue weighted by Gasteiger charge is -2.43. The van der Waals surface area contributed by atoms with Gasteiger partial charge in [0.1, 0.15) is 0 Å². The monoisotopic (exact) mass is 357 g/mol. The Hall–Kier alpha value is -1.43. The van der Waals surface area contributed by atoms with Crippen LogP contribution >= 0.6 is 0 Å². The van der Waals surface area contributed by atoms with Gasteiger partial charge >= 0.3 is 0 Å². The Kier molecular flexibility index (Phi) is 5.04. The van der Waals surface area contributed by atoms with Crippen LogP contribution in [0.4, 0.5) is 0 Å². The van der Waals surface area contributed by atoms with Crippen molar-refractivity contribution in [1.82, 2.24) is 15.1 Å². The van der Waals surface area contributed by atoms with E-state index in [2.05, 4.69) is 41.4 Å². The Morgan fingerprint density at radius 2 is 2.00 bits per heavy atom. The van der Waals surface area contributed by atoms with E-state index in [0.29, 0.717) is 6.54 Å². The van der Waals surface area contributed by atoms with Crippen molar-refractivity contribution in [2.75, 3.05) is 39.3 Å². The molecule has 0 aromatic heterocycles. The highest BCUT2D eigenvalue weighted by Crippen LogP contribution is 2.52. The molecular weight excluding hydrogens is 326 g/mol. The van der Waals surface area contributed by atoms with E-state index in [1.807, 2.05) is 4.90 Å². The molecule has 2 N–H and O–H groups in total. The van der Waals surface area contributed by atoms with Crippen LogP contribution < -0.4 is 5.32 Å². The van der Waals surface area contributed by atoms with Crippen LogP contribution in [0.15, 0.2) is 24.3 Å². The maximum absolute atomic E-state index is 12.6. The van der Waals surface area contributed by atoms with Gasteiger partial charge < -0.3 is 15.3 Å². The lowest BCUT2D eigenvalue weighted by Crippen LogP contribution is -2.54. The molecule has 2 atom stereocenters. The van der Waals surface area contributed by atoms with E-state index in [0.717, 1.165) is 58.4 Å². The molecule has 5 nitrogen and oxygen atoms in total. The van der Waals surface area contributed by atoms with Gasteiger partial charge in [0, 0.05) is 25.0 Å². The number of carbonyl (C=O) groups excluding carboxylic acids is 1. The third-order valence-corrected chi connectivity index (χ3v) is 6.70. The van der Waals surface area contributed by atoms with Crippen molar-refractivity contribution in [2.24, 2.45) is 0 Å². The minimum Gasteiger partial charge on any atom is -0.390 e. The smallest absolute Gasteiger partial charge is 0.236 e. The second kappa shape index (κ2) is 7.29. The molecule has 1 aliphatic carbocycles. The normalized spacial score (nSPS) is 28.5. The molecule has 0 unspecified atom stereocenters. The number of nitrogens with one attached hydrogen (secondary N) is 1. The Bertz CT molecular complexity index is 656. The van der Waals surface area contributed by atoms with Crippen LogP contribution in [0, 0.1) is 0 Å². The highest BCUT2D eigenvalue weighted by Gasteiger charge is 2.53. The minimum absolute atomic E-state index is 0.0541. The number of amides is 1. The largest absolute Gasteiger partial charge is 0.390 e. The van der Waals surface area contributed by atoms with Crippen molar-refractivity contribution in [3.05, 3.63) is 35.4 Å². The van der Waals surface area contributed by atoms with Gasteiger partial charge in [0.2, 0.25) is 5.91 Å². The predicted molar refractivity (Wildman–Crippen MR) is 102 cm³/mol. The standard InChI is InChI=1S/C21H31N3O2/c1-2-3-12-23-13-14-24(15-18(23)25)19-16-6-4-5-7-17(16)21(20(19)26)8-10-22-11-9-21/h4-7,19-20,22,26H,2-3,8-15H2,1H3/t19-,20+/m1/s1. The van der Waals surface area contributed by atoms with Gasteiger partial charge in [0.15, 0.2) is 0 Å². The lowest BCUT2D eigenvalue weighted by atomic mass is 9.72. The van der Waals surface area contributed by atoms with Crippen molar-refractivity contribution in [3.8, 4) is 0 Å². The quantitative estimate of drug-likeness (QED) is 0.861.